The summed E-state index contributed by atoms with van der Waals surface area (Å²) in [5, 5.41) is 17.4. The molecule has 0 fully saturated rings. The Bertz CT molecular complexity index is 271. The quantitative estimate of drug-likeness (QED) is 0.410. The summed E-state index contributed by atoms with van der Waals surface area (Å²) in [6.45, 7) is 0. The predicted octanol–water partition coefficient (Wildman–Crippen LogP) is -0.495. The van der Waals surface area contributed by atoms with Crippen molar-refractivity contribution in [2.75, 3.05) is 0 Å². The molecule has 6 heteroatoms. The zero-order chi connectivity index (χ0) is 8.43. The largest absolute Gasteiger partial charge is 0.489 e. The van der Waals surface area contributed by atoms with E-state index in [2.05, 4.69) is 4.98 Å². The molecule has 0 radical (unpaired) electrons. The van der Waals surface area contributed by atoms with Gasteiger partial charge in [0.1, 0.15) is 0 Å². The first-order chi connectivity index (χ1) is 5.11. The Morgan fingerprint density at radius 1 is 1.55 bits per heavy atom. The van der Waals surface area contributed by atoms with Crippen LogP contribution in [0.4, 0.5) is 4.39 Å². The second kappa shape index (κ2) is 3.46. The standard InChI is InChI=1S/C5H4BFINO2/c7-5-1-3(6(10)11)4(8)2-9-5/h1-2,10-11H. The molecule has 58 valence electrons. The molecule has 11 heavy (non-hydrogen) atoms. The average Bonchev–Trinajstić information content (AvgIpc) is 1.94. The first-order valence-corrected chi connectivity index (χ1v) is 3.86. The number of rotatable bonds is 1. The van der Waals surface area contributed by atoms with E-state index in [-0.39, 0.29) is 5.46 Å². The summed E-state index contributed by atoms with van der Waals surface area (Å²) < 4.78 is 12.9. The summed E-state index contributed by atoms with van der Waals surface area (Å²) in [4.78, 5) is 3.33. The van der Waals surface area contributed by atoms with Crippen LogP contribution >= 0.6 is 22.6 Å². The van der Waals surface area contributed by atoms with Crippen LogP contribution in [0.2, 0.25) is 0 Å². The lowest BCUT2D eigenvalue weighted by Crippen LogP contribution is -2.32. The molecule has 2 N–H and O–H groups in total. The maximum Gasteiger partial charge on any atom is 0.489 e. The number of hydrogen-bond donors (Lipinski definition) is 2. The molecule has 3 nitrogen and oxygen atoms in total. The van der Waals surface area contributed by atoms with Crippen LogP contribution in [0.5, 0.6) is 0 Å². The molecule has 0 spiro atoms. The Hall–Kier alpha value is -0.205. The summed E-state index contributed by atoms with van der Waals surface area (Å²) in [5.74, 6) is -0.714. The van der Waals surface area contributed by atoms with E-state index in [0.717, 1.165) is 6.07 Å². The molecule has 0 saturated heterocycles. The zero-order valence-electron chi connectivity index (χ0n) is 5.33. The average molecular weight is 267 g/mol. The van der Waals surface area contributed by atoms with Crippen molar-refractivity contribution in [3.63, 3.8) is 0 Å². The van der Waals surface area contributed by atoms with Crippen molar-refractivity contribution in [3.05, 3.63) is 21.8 Å². The van der Waals surface area contributed by atoms with Crippen molar-refractivity contribution < 1.29 is 14.4 Å². The third kappa shape index (κ3) is 2.11. The van der Waals surface area contributed by atoms with Gasteiger partial charge in [-0.25, -0.2) is 4.98 Å². The number of nitrogens with zero attached hydrogens (tertiary/aromatic N) is 1. The zero-order valence-corrected chi connectivity index (χ0v) is 7.49. The van der Waals surface area contributed by atoms with E-state index in [1.54, 1.807) is 0 Å². The molecule has 0 atom stereocenters. The highest BCUT2D eigenvalue weighted by Crippen LogP contribution is 2.00. The molecule has 0 saturated carbocycles. The minimum Gasteiger partial charge on any atom is -0.423 e. The molecular formula is C5H4BFINO2. The molecule has 0 aliphatic heterocycles. The van der Waals surface area contributed by atoms with Gasteiger partial charge in [-0.15, -0.1) is 0 Å². The van der Waals surface area contributed by atoms with Crippen LogP contribution in [-0.2, 0) is 0 Å². The first-order valence-electron chi connectivity index (χ1n) is 2.78. The molecule has 1 aromatic rings. The van der Waals surface area contributed by atoms with Gasteiger partial charge >= 0.3 is 7.12 Å². The van der Waals surface area contributed by atoms with Crippen molar-refractivity contribution in [2.24, 2.45) is 0 Å². The van der Waals surface area contributed by atoms with Crippen LogP contribution in [-0.4, -0.2) is 22.2 Å². The van der Waals surface area contributed by atoms with Crippen molar-refractivity contribution >= 4 is 35.2 Å². The van der Waals surface area contributed by atoms with Crippen molar-refractivity contribution in [2.45, 2.75) is 0 Å². The number of halogens is 2. The fourth-order valence-electron chi connectivity index (χ4n) is 0.625. The van der Waals surface area contributed by atoms with Crippen LogP contribution in [0, 0.1) is 9.52 Å². The van der Waals surface area contributed by atoms with Gasteiger partial charge < -0.3 is 10.0 Å². The molecule has 0 bridgehead atoms. The van der Waals surface area contributed by atoms with Crippen molar-refractivity contribution in [1.82, 2.24) is 4.98 Å². The SMILES string of the molecule is OB(O)c1cc(F)ncc1I. The Labute approximate surface area is 76.6 Å². The van der Waals surface area contributed by atoms with E-state index in [0.29, 0.717) is 3.57 Å². The molecule has 0 aromatic carbocycles. The summed E-state index contributed by atoms with van der Waals surface area (Å²) >= 11 is 1.84. The van der Waals surface area contributed by atoms with Gasteiger partial charge in [0.05, 0.1) is 0 Å². The van der Waals surface area contributed by atoms with Gasteiger partial charge in [-0.1, -0.05) is 0 Å². The lowest BCUT2D eigenvalue weighted by molar-refractivity contribution is 0.425. The van der Waals surface area contributed by atoms with Crippen LogP contribution in [0.25, 0.3) is 0 Å². The summed E-state index contributed by atoms with van der Waals surface area (Å²) in [6, 6.07) is 0.992. The Kier molecular flexibility index (Phi) is 2.80. The van der Waals surface area contributed by atoms with Gasteiger partial charge in [0.15, 0.2) is 0 Å². The molecule has 1 rings (SSSR count). The topological polar surface area (TPSA) is 53.4 Å². The fourth-order valence-corrected chi connectivity index (χ4v) is 1.20. The van der Waals surface area contributed by atoms with Gasteiger partial charge in [0, 0.05) is 15.2 Å². The molecule has 0 amide bonds. The minimum atomic E-state index is -1.64. The van der Waals surface area contributed by atoms with Crippen LogP contribution in [0.3, 0.4) is 0 Å². The third-order valence-corrected chi connectivity index (χ3v) is 2.03. The highest BCUT2D eigenvalue weighted by molar-refractivity contribution is 14.1. The van der Waals surface area contributed by atoms with E-state index < -0.39 is 13.1 Å². The summed E-state index contributed by atoms with van der Waals surface area (Å²) in [5.41, 5.74) is 0.137. The predicted molar refractivity (Wildman–Crippen MR) is 46.7 cm³/mol. The monoisotopic (exact) mass is 267 g/mol. The fraction of sp³-hybridized carbons (Fsp3) is 0. The molecule has 1 aromatic heterocycles. The third-order valence-electron chi connectivity index (χ3n) is 1.13. The van der Waals surface area contributed by atoms with Gasteiger partial charge in [-0.2, -0.15) is 4.39 Å². The maximum atomic E-state index is 12.4. The molecule has 0 unspecified atom stereocenters. The first kappa shape index (κ1) is 8.89. The second-order valence-corrected chi connectivity index (χ2v) is 3.06. The van der Waals surface area contributed by atoms with Crippen LogP contribution in [0.1, 0.15) is 0 Å². The number of aromatic nitrogens is 1. The summed E-state index contributed by atoms with van der Waals surface area (Å²) in [6.07, 6.45) is 1.24. The molecule has 0 aliphatic carbocycles. The number of hydrogen-bond acceptors (Lipinski definition) is 3. The smallest absolute Gasteiger partial charge is 0.423 e. The Morgan fingerprint density at radius 3 is 2.64 bits per heavy atom. The summed E-state index contributed by atoms with van der Waals surface area (Å²) in [7, 11) is -1.64. The molecular weight excluding hydrogens is 263 g/mol. The van der Waals surface area contributed by atoms with E-state index in [9.17, 15) is 4.39 Å². The van der Waals surface area contributed by atoms with E-state index in [1.165, 1.54) is 6.20 Å². The van der Waals surface area contributed by atoms with Crippen molar-refractivity contribution in [3.8, 4) is 0 Å². The molecule has 1 heterocycles. The molecule has 0 aliphatic rings. The highest BCUT2D eigenvalue weighted by atomic mass is 127. The highest BCUT2D eigenvalue weighted by Gasteiger charge is 2.15. The van der Waals surface area contributed by atoms with Gasteiger partial charge in [0.25, 0.3) is 0 Å². The van der Waals surface area contributed by atoms with Gasteiger partial charge in [-0.05, 0) is 28.7 Å². The van der Waals surface area contributed by atoms with E-state index in [1.807, 2.05) is 22.6 Å². The number of pyridine rings is 1. The minimum absolute atomic E-state index is 0.137. The van der Waals surface area contributed by atoms with Crippen molar-refractivity contribution in [1.29, 1.82) is 0 Å². The van der Waals surface area contributed by atoms with Crippen LogP contribution in [0.15, 0.2) is 12.3 Å². The Balaban J connectivity index is 3.13. The van der Waals surface area contributed by atoms with Gasteiger partial charge in [-0.3, -0.25) is 0 Å². The lowest BCUT2D eigenvalue weighted by atomic mass is 9.81. The van der Waals surface area contributed by atoms with Gasteiger partial charge in [0.2, 0.25) is 5.95 Å². The Morgan fingerprint density at radius 2 is 2.18 bits per heavy atom. The maximum absolute atomic E-state index is 12.4. The van der Waals surface area contributed by atoms with Crippen LogP contribution < -0.4 is 5.46 Å². The lowest BCUT2D eigenvalue weighted by Gasteiger charge is -2.00. The van der Waals surface area contributed by atoms with E-state index in [4.69, 9.17) is 10.0 Å². The second-order valence-electron chi connectivity index (χ2n) is 1.90. The normalized spacial score (nSPS) is 9.82. The van der Waals surface area contributed by atoms with E-state index >= 15 is 0 Å².